The largest absolute Gasteiger partial charge is 0.326 e. The quantitative estimate of drug-likeness (QED) is 0.785. The van der Waals surface area contributed by atoms with Gasteiger partial charge >= 0.3 is 0 Å². The molecule has 0 bridgehead atoms. The lowest BCUT2D eigenvalue weighted by molar-refractivity contribution is 0.108. The number of hydrogen-bond acceptors (Lipinski definition) is 3. The zero-order valence-electron chi connectivity index (χ0n) is 10.9. The van der Waals surface area contributed by atoms with Gasteiger partial charge in [0.05, 0.1) is 0 Å². The standard InChI is InChI=1S/C13H27N3/c1-15(2)10-11-6-5-9-16(11)13-8-4-3-7-12(13)14/h11-13H,3-10,14H2,1-2H3. The molecule has 1 aliphatic heterocycles. The maximum atomic E-state index is 6.30. The van der Waals surface area contributed by atoms with E-state index in [9.17, 15) is 0 Å². The molecule has 3 heteroatoms. The smallest absolute Gasteiger partial charge is 0.0250 e. The van der Waals surface area contributed by atoms with E-state index in [0.717, 1.165) is 6.04 Å². The Hall–Kier alpha value is -0.120. The van der Waals surface area contributed by atoms with E-state index in [4.69, 9.17) is 5.73 Å². The second-order valence-electron chi connectivity index (χ2n) is 5.81. The molecule has 0 aromatic rings. The van der Waals surface area contributed by atoms with Crippen LogP contribution in [0.25, 0.3) is 0 Å². The lowest BCUT2D eigenvalue weighted by atomic mass is 9.89. The molecule has 0 amide bonds. The molecule has 0 aromatic carbocycles. The van der Waals surface area contributed by atoms with Gasteiger partial charge in [-0.05, 0) is 46.3 Å². The van der Waals surface area contributed by atoms with Crippen molar-refractivity contribution >= 4 is 0 Å². The summed E-state index contributed by atoms with van der Waals surface area (Å²) >= 11 is 0. The molecule has 3 nitrogen and oxygen atoms in total. The van der Waals surface area contributed by atoms with Crippen LogP contribution in [0, 0.1) is 0 Å². The highest BCUT2D eigenvalue weighted by Crippen LogP contribution is 2.28. The van der Waals surface area contributed by atoms with Crippen LogP contribution < -0.4 is 5.73 Å². The minimum absolute atomic E-state index is 0.427. The monoisotopic (exact) mass is 225 g/mol. The highest BCUT2D eigenvalue weighted by Gasteiger charge is 2.34. The summed E-state index contributed by atoms with van der Waals surface area (Å²) in [5.74, 6) is 0. The van der Waals surface area contributed by atoms with Crippen molar-refractivity contribution in [1.82, 2.24) is 9.80 Å². The molecule has 16 heavy (non-hydrogen) atoms. The second kappa shape index (κ2) is 5.48. The Labute approximate surface area is 100.0 Å². The minimum atomic E-state index is 0.427. The number of likely N-dealkylation sites (tertiary alicyclic amines) is 1. The summed E-state index contributed by atoms with van der Waals surface area (Å²) in [5, 5.41) is 0. The first-order valence-electron chi connectivity index (χ1n) is 6.84. The maximum absolute atomic E-state index is 6.30. The van der Waals surface area contributed by atoms with Crippen LogP contribution in [0.5, 0.6) is 0 Å². The highest BCUT2D eigenvalue weighted by atomic mass is 15.3. The van der Waals surface area contributed by atoms with Crippen molar-refractivity contribution < 1.29 is 0 Å². The van der Waals surface area contributed by atoms with Crippen LogP contribution in [-0.4, -0.2) is 55.1 Å². The third-order valence-corrected chi connectivity index (χ3v) is 4.21. The molecule has 94 valence electrons. The molecular formula is C13H27N3. The summed E-state index contributed by atoms with van der Waals surface area (Å²) in [6, 6.07) is 1.85. The van der Waals surface area contributed by atoms with Crippen LogP contribution in [0.3, 0.4) is 0 Å². The lowest BCUT2D eigenvalue weighted by Crippen LogP contribution is -2.53. The summed E-state index contributed by atoms with van der Waals surface area (Å²) in [5.41, 5.74) is 6.30. The minimum Gasteiger partial charge on any atom is -0.326 e. The van der Waals surface area contributed by atoms with Crippen molar-refractivity contribution in [1.29, 1.82) is 0 Å². The summed E-state index contributed by atoms with van der Waals surface area (Å²) in [6.07, 6.45) is 8.00. The first-order chi connectivity index (χ1) is 7.68. The molecule has 2 rings (SSSR count). The number of nitrogens with zero attached hydrogens (tertiary/aromatic N) is 2. The van der Waals surface area contributed by atoms with Gasteiger partial charge < -0.3 is 10.6 Å². The second-order valence-corrected chi connectivity index (χ2v) is 5.81. The third kappa shape index (κ3) is 2.76. The fraction of sp³-hybridized carbons (Fsp3) is 1.00. The molecule has 1 heterocycles. The van der Waals surface area contributed by atoms with Gasteiger partial charge in [0.1, 0.15) is 0 Å². The van der Waals surface area contributed by atoms with E-state index in [1.807, 2.05) is 0 Å². The summed E-state index contributed by atoms with van der Waals surface area (Å²) in [4.78, 5) is 5.03. The van der Waals surface area contributed by atoms with E-state index in [1.54, 1.807) is 0 Å². The van der Waals surface area contributed by atoms with Crippen molar-refractivity contribution in [3.63, 3.8) is 0 Å². The molecule has 1 aliphatic carbocycles. The van der Waals surface area contributed by atoms with Crippen molar-refractivity contribution in [2.45, 2.75) is 56.7 Å². The van der Waals surface area contributed by atoms with Gasteiger partial charge in [0.25, 0.3) is 0 Å². The van der Waals surface area contributed by atoms with Crippen molar-refractivity contribution in [3.05, 3.63) is 0 Å². The molecule has 0 spiro atoms. The molecule has 3 atom stereocenters. The van der Waals surface area contributed by atoms with Crippen LogP contribution in [-0.2, 0) is 0 Å². The average Bonchev–Trinajstić information content (AvgIpc) is 2.66. The predicted molar refractivity (Wildman–Crippen MR) is 68.5 cm³/mol. The normalized spacial score (nSPS) is 37.1. The van der Waals surface area contributed by atoms with Crippen LogP contribution in [0.2, 0.25) is 0 Å². The fourth-order valence-electron chi connectivity index (χ4n) is 3.46. The van der Waals surface area contributed by atoms with Gasteiger partial charge in [-0.25, -0.2) is 0 Å². The van der Waals surface area contributed by atoms with Crippen LogP contribution in [0.1, 0.15) is 38.5 Å². The van der Waals surface area contributed by atoms with Crippen LogP contribution in [0.4, 0.5) is 0 Å². The number of nitrogens with two attached hydrogens (primary N) is 1. The molecule has 2 N–H and O–H groups in total. The lowest BCUT2D eigenvalue weighted by Gasteiger charge is -2.40. The molecule has 2 aliphatic rings. The van der Waals surface area contributed by atoms with Gasteiger partial charge in [-0.2, -0.15) is 0 Å². The van der Waals surface area contributed by atoms with E-state index in [2.05, 4.69) is 23.9 Å². The molecule has 0 radical (unpaired) electrons. The van der Waals surface area contributed by atoms with Crippen LogP contribution >= 0.6 is 0 Å². The Bertz CT molecular complexity index is 217. The van der Waals surface area contributed by atoms with Gasteiger partial charge in [-0.1, -0.05) is 12.8 Å². The first kappa shape index (κ1) is 12.3. The Kier molecular flexibility index (Phi) is 4.22. The summed E-state index contributed by atoms with van der Waals surface area (Å²) < 4.78 is 0. The average molecular weight is 225 g/mol. The summed E-state index contributed by atoms with van der Waals surface area (Å²) in [7, 11) is 4.36. The predicted octanol–water partition coefficient (Wildman–Crippen LogP) is 1.28. The van der Waals surface area contributed by atoms with Gasteiger partial charge in [-0.3, -0.25) is 4.90 Å². The van der Waals surface area contributed by atoms with Crippen molar-refractivity contribution in [2.24, 2.45) is 5.73 Å². The number of rotatable bonds is 3. The van der Waals surface area contributed by atoms with E-state index in [1.165, 1.54) is 51.6 Å². The molecule has 3 unspecified atom stereocenters. The molecular weight excluding hydrogens is 198 g/mol. The molecule has 1 saturated carbocycles. The zero-order valence-corrected chi connectivity index (χ0v) is 10.9. The SMILES string of the molecule is CN(C)CC1CCCN1C1CCCCC1N. The van der Waals surface area contributed by atoms with Crippen molar-refractivity contribution in [2.75, 3.05) is 27.2 Å². The number of likely N-dealkylation sites (N-methyl/N-ethyl adjacent to an activating group) is 1. The molecule has 1 saturated heterocycles. The molecule has 0 aromatic heterocycles. The first-order valence-corrected chi connectivity index (χ1v) is 6.84. The number of hydrogen-bond donors (Lipinski definition) is 1. The Morgan fingerprint density at radius 1 is 1.12 bits per heavy atom. The van der Waals surface area contributed by atoms with Crippen molar-refractivity contribution in [3.8, 4) is 0 Å². The van der Waals surface area contributed by atoms with E-state index in [-0.39, 0.29) is 0 Å². The maximum Gasteiger partial charge on any atom is 0.0250 e. The van der Waals surface area contributed by atoms with Gasteiger partial charge in [0.15, 0.2) is 0 Å². The highest BCUT2D eigenvalue weighted by molar-refractivity contribution is 4.92. The Morgan fingerprint density at radius 2 is 1.88 bits per heavy atom. The Balaban J connectivity index is 1.95. The zero-order chi connectivity index (χ0) is 11.5. The van der Waals surface area contributed by atoms with Gasteiger partial charge in [0.2, 0.25) is 0 Å². The fourth-order valence-corrected chi connectivity index (χ4v) is 3.46. The Morgan fingerprint density at radius 3 is 2.56 bits per heavy atom. The van der Waals surface area contributed by atoms with Crippen LogP contribution in [0.15, 0.2) is 0 Å². The molecule has 2 fully saturated rings. The van der Waals surface area contributed by atoms with E-state index in [0.29, 0.717) is 12.1 Å². The third-order valence-electron chi connectivity index (χ3n) is 4.21. The van der Waals surface area contributed by atoms with E-state index >= 15 is 0 Å². The van der Waals surface area contributed by atoms with Gasteiger partial charge in [-0.15, -0.1) is 0 Å². The topological polar surface area (TPSA) is 32.5 Å². The van der Waals surface area contributed by atoms with Gasteiger partial charge in [0, 0.05) is 24.7 Å². The van der Waals surface area contributed by atoms with E-state index < -0.39 is 0 Å². The summed E-state index contributed by atoms with van der Waals surface area (Å²) in [6.45, 7) is 2.47.